The van der Waals surface area contributed by atoms with E-state index in [0.29, 0.717) is 6.42 Å². The molecular weight excluding hydrogens is 518 g/mol. The second-order valence-electron chi connectivity index (χ2n) is 12.7. The Morgan fingerprint density at radius 1 is 0.571 bits per heavy atom. The third-order valence-corrected chi connectivity index (χ3v) is 8.49. The molecule has 0 aromatic heterocycles. The van der Waals surface area contributed by atoms with Crippen LogP contribution in [-0.4, -0.2) is 34.9 Å². The molecule has 0 aliphatic heterocycles. The van der Waals surface area contributed by atoms with Crippen LogP contribution < -0.4 is 5.32 Å². The predicted molar refractivity (Wildman–Crippen MR) is 184 cm³/mol. The molecule has 1 amide bonds. The van der Waals surface area contributed by atoms with E-state index in [-0.39, 0.29) is 12.5 Å². The van der Waals surface area contributed by atoms with Gasteiger partial charge in [0.2, 0.25) is 5.91 Å². The van der Waals surface area contributed by atoms with Gasteiger partial charge >= 0.3 is 0 Å². The number of aliphatic hydroxyl groups excluding tert-OH is 2. The molecule has 0 bridgehead atoms. The fourth-order valence-electron chi connectivity index (χ4n) is 5.59. The third-order valence-electron chi connectivity index (χ3n) is 8.49. The molecule has 248 valence electrons. The van der Waals surface area contributed by atoms with Crippen molar-refractivity contribution in [1.29, 1.82) is 0 Å². The molecule has 0 aromatic rings. The van der Waals surface area contributed by atoms with Gasteiger partial charge < -0.3 is 15.5 Å². The molecule has 0 radical (unpaired) electrons. The van der Waals surface area contributed by atoms with E-state index in [4.69, 9.17) is 0 Å². The Hall–Kier alpha value is -1.13. The van der Waals surface area contributed by atoms with Gasteiger partial charge in [0.15, 0.2) is 0 Å². The molecule has 0 spiro atoms. The number of amides is 1. The first-order valence-electron chi connectivity index (χ1n) is 18.6. The number of hydrogen-bond donors (Lipinski definition) is 3. The topological polar surface area (TPSA) is 69.6 Å². The Kier molecular flexibility index (Phi) is 33.4. The average molecular weight is 592 g/mol. The van der Waals surface area contributed by atoms with Gasteiger partial charge in [-0.2, -0.15) is 0 Å². The standard InChI is InChI=1S/C38H73NO3/c1-3-5-7-9-11-13-15-16-17-18-19-20-21-22-23-24-26-28-30-32-34-38(42)39-36(35-40)37(41)33-31-29-27-25-14-12-10-8-6-4-2/h27,29,31,33,36-37,40-41H,3-26,28,30,32,34-35H2,1-2H3,(H,39,42)/b29-27+,33-31+/t36-,37+/m0/s1. The monoisotopic (exact) mass is 592 g/mol. The zero-order chi connectivity index (χ0) is 30.8. The minimum Gasteiger partial charge on any atom is -0.394 e. The minimum atomic E-state index is -0.882. The summed E-state index contributed by atoms with van der Waals surface area (Å²) in [6.45, 7) is 4.26. The molecule has 0 aliphatic rings. The number of unbranched alkanes of at least 4 members (excludes halogenated alkanes) is 25. The molecule has 0 aromatic carbocycles. The molecule has 42 heavy (non-hydrogen) atoms. The fourth-order valence-corrected chi connectivity index (χ4v) is 5.59. The number of aliphatic hydroxyl groups is 2. The van der Waals surface area contributed by atoms with Gasteiger partial charge in [-0.15, -0.1) is 0 Å². The van der Waals surface area contributed by atoms with E-state index in [2.05, 4.69) is 25.2 Å². The number of carbonyl (C=O) groups excluding carboxylic acids is 1. The van der Waals surface area contributed by atoms with Gasteiger partial charge in [0.05, 0.1) is 18.8 Å². The van der Waals surface area contributed by atoms with E-state index in [1.807, 2.05) is 12.2 Å². The summed E-state index contributed by atoms with van der Waals surface area (Å²) in [5.41, 5.74) is 0. The SMILES string of the molecule is CCCCCCCC/C=C/C=C/[C@@H](O)[C@H](CO)NC(=O)CCCCCCCCCCCCCCCCCCCCCC. The summed E-state index contributed by atoms with van der Waals surface area (Å²) in [7, 11) is 0. The Labute approximate surface area is 262 Å². The first kappa shape index (κ1) is 40.9. The summed E-state index contributed by atoms with van der Waals surface area (Å²) in [6.07, 6.45) is 42.8. The summed E-state index contributed by atoms with van der Waals surface area (Å²) >= 11 is 0. The van der Waals surface area contributed by atoms with Crippen LogP contribution >= 0.6 is 0 Å². The van der Waals surface area contributed by atoms with Crippen molar-refractivity contribution in [2.45, 2.75) is 206 Å². The Bertz CT molecular complexity index is 603. The van der Waals surface area contributed by atoms with Crippen LogP contribution in [0.4, 0.5) is 0 Å². The average Bonchev–Trinajstić information content (AvgIpc) is 2.99. The molecule has 0 saturated carbocycles. The second-order valence-corrected chi connectivity index (χ2v) is 12.7. The fraction of sp³-hybridized carbons (Fsp3) is 0.868. The van der Waals surface area contributed by atoms with Crippen molar-refractivity contribution in [3.05, 3.63) is 24.3 Å². The summed E-state index contributed by atoms with van der Waals surface area (Å²) in [5.74, 6) is -0.0810. The zero-order valence-electron chi connectivity index (χ0n) is 28.3. The lowest BCUT2D eigenvalue weighted by Gasteiger charge is -2.19. The van der Waals surface area contributed by atoms with Crippen molar-refractivity contribution in [2.75, 3.05) is 6.61 Å². The highest BCUT2D eigenvalue weighted by Gasteiger charge is 2.17. The number of nitrogens with one attached hydrogen (secondary N) is 1. The summed E-state index contributed by atoms with van der Waals surface area (Å²) < 4.78 is 0. The predicted octanol–water partition coefficient (Wildman–Crippen LogP) is 10.9. The Morgan fingerprint density at radius 3 is 1.36 bits per heavy atom. The van der Waals surface area contributed by atoms with Gasteiger partial charge in [-0.1, -0.05) is 192 Å². The number of allylic oxidation sites excluding steroid dienone is 3. The zero-order valence-corrected chi connectivity index (χ0v) is 28.3. The van der Waals surface area contributed by atoms with E-state index in [1.54, 1.807) is 6.08 Å². The van der Waals surface area contributed by atoms with E-state index < -0.39 is 12.1 Å². The van der Waals surface area contributed by atoms with Gasteiger partial charge in [0.1, 0.15) is 0 Å². The Morgan fingerprint density at radius 2 is 0.952 bits per heavy atom. The highest BCUT2D eigenvalue weighted by Crippen LogP contribution is 2.15. The number of carbonyl (C=O) groups is 1. The maximum Gasteiger partial charge on any atom is 0.220 e. The van der Waals surface area contributed by atoms with E-state index in [9.17, 15) is 15.0 Å². The number of rotatable bonds is 33. The lowest BCUT2D eigenvalue weighted by molar-refractivity contribution is -0.123. The molecule has 0 rings (SSSR count). The van der Waals surface area contributed by atoms with Crippen molar-refractivity contribution < 1.29 is 15.0 Å². The summed E-state index contributed by atoms with van der Waals surface area (Å²) in [4.78, 5) is 12.3. The van der Waals surface area contributed by atoms with E-state index >= 15 is 0 Å². The molecule has 4 heteroatoms. The molecule has 0 unspecified atom stereocenters. The first-order valence-corrected chi connectivity index (χ1v) is 18.6. The van der Waals surface area contributed by atoms with Crippen molar-refractivity contribution >= 4 is 5.91 Å². The van der Waals surface area contributed by atoms with Crippen LogP contribution in [0.15, 0.2) is 24.3 Å². The lowest BCUT2D eigenvalue weighted by Crippen LogP contribution is -2.45. The normalized spacial score (nSPS) is 13.3. The van der Waals surface area contributed by atoms with Crippen molar-refractivity contribution in [3.8, 4) is 0 Å². The van der Waals surface area contributed by atoms with E-state index in [0.717, 1.165) is 19.3 Å². The summed E-state index contributed by atoms with van der Waals surface area (Å²) in [6, 6.07) is -0.647. The maximum atomic E-state index is 12.3. The summed E-state index contributed by atoms with van der Waals surface area (Å²) in [5, 5.41) is 22.7. The molecule has 2 atom stereocenters. The quantitative estimate of drug-likeness (QED) is 0.0525. The van der Waals surface area contributed by atoms with Crippen molar-refractivity contribution in [2.24, 2.45) is 0 Å². The second kappa shape index (κ2) is 34.4. The maximum absolute atomic E-state index is 12.3. The van der Waals surface area contributed by atoms with Crippen LogP contribution in [0.5, 0.6) is 0 Å². The van der Waals surface area contributed by atoms with Crippen LogP contribution in [0.2, 0.25) is 0 Å². The van der Waals surface area contributed by atoms with E-state index in [1.165, 1.54) is 154 Å². The molecule has 3 N–H and O–H groups in total. The van der Waals surface area contributed by atoms with Gasteiger partial charge in [-0.3, -0.25) is 4.79 Å². The molecular formula is C38H73NO3. The van der Waals surface area contributed by atoms with Crippen LogP contribution in [0.3, 0.4) is 0 Å². The first-order chi connectivity index (χ1) is 20.7. The van der Waals surface area contributed by atoms with Gasteiger partial charge in [0.25, 0.3) is 0 Å². The molecule has 0 saturated heterocycles. The number of hydrogen-bond acceptors (Lipinski definition) is 3. The smallest absolute Gasteiger partial charge is 0.220 e. The molecule has 0 fully saturated rings. The third kappa shape index (κ3) is 30.3. The van der Waals surface area contributed by atoms with Crippen LogP contribution in [0.1, 0.15) is 194 Å². The van der Waals surface area contributed by atoms with Crippen LogP contribution in [-0.2, 0) is 4.79 Å². The van der Waals surface area contributed by atoms with Crippen LogP contribution in [0, 0.1) is 0 Å². The van der Waals surface area contributed by atoms with Crippen molar-refractivity contribution in [3.63, 3.8) is 0 Å². The minimum absolute atomic E-state index is 0.0810. The van der Waals surface area contributed by atoms with Crippen molar-refractivity contribution in [1.82, 2.24) is 5.32 Å². The molecule has 4 nitrogen and oxygen atoms in total. The highest BCUT2D eigenvalue weighted by molar-refractivity contribution is 5.76. The van der Waals surface area contributed by atoms with Crippen LogP contribution in [0.25, 0.3) is 0 Å². The lowest BCUT2D eigenvalue weighted by atomic mass is 10.0. The largest absolute Gasteiger partial charge is 0.394 e. The Balaban J connectivity index is 3.56. The highest BCUT2D eigenvalue weighted by atomic mass is 16.3. The molecule has 0 aliphatic carbocycles. The molecule has 0 heterocycles. The van der Waals surface area contributed by atoms with Gasteiger partial charge in [-0.25, -0.2) is 0 Å². The van der Waals surface area contributed by atoms with Gasteiger partial charge in [-0.05, 0) is 19.3 Å². The van der Waals surface area contributed by atoms with Gasteiger partial charge in [0, 0.05) is 6.42 Å².